The first-order valence-electron chi connectivity index (χ1n) is 7.86. The zero-order valence-corrected chi connectivity index (χ0v) is 13.8. The zero-order chi connectivity index (χ0) is 16.1. The minimum absolute atomic E-state index is 0.143. The predicted octanol–water partition coefficient (Wildman–Crippen LogP) is 2.03. The van der Waals surface area contributed by atoms with E-state index < -0.39 is 0 Å². The number of carbonyl (C=O) groups excluding carboxylic acids is 1. The van der Waals surface area contributed by atoms with Crippen molar-refractivity contribution in [1.82, 2.24) is 15.2 Å². The van der Waals surface area contributed by atoms with Crippen LogP contribution in [0, 0.1) is 0 Å². The highest BCUT2D eigenvalue weighted by Crippen LogP contribution is 2.21. The van der Waals surface area contributed by atoms with Crippen molar-refractivity contribution in [1.29, 1.82) is 0 Å². The van der Waals surface area contributed by atoms with Gasteiger partial charge in [-0.1, -0.05) is 24.3 Å². The molecule has 1 aromatic heterocycles. The van der Waals surface area contributed by atoms with Gasteiger partial charge in [0.05, 0.1) is 12.1 Å². The van der Waals surface area contributed by atoms with Crippen LogP contribution in [0.15, 0.2) is 35.2 Å². The van der Waals surface area contributed by atoms with Gasteiger partial charge in [-0.2, -0.15) is 0 Å². The van der Waals surface area contributed by atoms with Crippen molar-refractivity contribution in [3.05, 3.63) is 52.0 Å². The van der Waals surface area contributed by atoms with E-state index in [1.54, 1.807) is 10.9 Å². The van der Waals surface area contributed by atoms with Crippen molar-refractivity contribution in [3.63, 3.8) is 0 Å². The molecule has 1 aliphatic heterocycles. The van der Waals surface area contributed by atoms with Gasteiger partial charge in [0.1, 0.15) is 5.69 Å². The van der Waals surface area contributed by atoms with Crippen molar-refractivity contribution in [2.45, 2.75) is 32.0 Å². The van der Waals surface area contributed by atoms with Gasteiger partial charge in [0.25, 0.3) is 5.91 Å². The monoisotopic (exact) mass is 331 g/mol. The van der Waals surface area contributed by atoms with Gasteiger partial charge in [-0.15, -0.1) is 11.3 Å². The number of hydrogen-bond donors (Lipinski definition) is 2. The maximum Gasteiger partial charge on any atom is 0.271 e. The molecule has 5 nitrogen and oxygen atoms in total. The van der Waals surface area contributed by atoms with Crippen molar-refractivity contribution in [2.24, 2.45) is 0 Å². The fourth-order valence-electron chi connectivity index (χ4n) is 3.00. The van der Waals surface area contributed by atoms with Crippen molar-refractivity contribution < 1.29 is 9.90 Å². The Morgan fingerprint density at radius 3 is 2.96 bits per heavy atom. The largest absolute Gasteiger partial charge is 0.395 e. The van der Waals surface area contributed by atoms with Crippen LogP contribution in [0.3, 0.4) is 0 Å². The highest BCUT2D eigenvalue weighted by atomic mass is 32.1. The first kappa shape index (κ1) is 16.1. The molecule has 2 N–H and O–H groups in total. The van der Waals surface area contributed by atoms with E-state index in [1.807, 2.05) is 18.2 Å². The minimum atomic E-state index is -0.143. The number of aliphatic hydroxyl groups excluding tert-OH is 1. The second-order valence-electron chi connectivity index (χ2n) is 5.77. The van der Waals surface area contributed by atoms with Gasteiger partial charge in [-0.3, -0.25) is 9.69 Å². The Morgan fingerprint density at radius 2 is 2.22 bits per heavy atom. The zero-order valence-electron chi connectivity index (χ0n) is 12.9. The number of aliphatic hydroxyl groups is 1. The number of hydrogen-bond acceptors (Lipinski definition) is 5. The Balaban J connectivity index is 1.65. The lowest BCUT2D eigenvalue weighted by Crippen LogP contribution is -2.32. The van der Waals surface area contributed by atoms with Crippen LogP contribution in [-0.2, 0) is 13.1 Å². The van der Waals surface area contributed by atoms with Gasteiger partial charge in [-0.25, -0.2) is 4.98 Å². The third kappa shape index (κ3) is 3.96. The van der Waals surface area contributed by atoms with E-state index in [0.717, 1.165) is 31.5 Å². The molecule has 0 radical (unpaired) electrons. The molecule has 0 spiro atoms. The molecule has 1 aliphatic rings. The summed E-state index contributed by atoms with van der Waals surface area (Å²) in [5.41, 5.74) is 4.43. The molecule has 23 heavy (non-hydrogen) atoms. The lowest BCUT2D eigenvalue weighted by molar-refractivity contribution is 0.0946. The summed E-state index contributed by atoms with van der Waals surface area (Å²) in [6, 6.07) is 8.40. The topological polar surface area (TPSA) is 65.5 Å². The van der Waals surface area contributed by atoms with Crippen LogP contribution in [0.1, 0.15) is 34.5 Å². The van der Waals surface area contributed by atoms with E-state index in [9.17, 15) is 9.90 Å². The fourth-order valence-corrected chi connectivity index (χ4v) is 3.54. The van der Waals surface area contributed by atoms with Gasteiger partial charge < -0.3 is 10.4 Å². The van der Waals surface area contributed by atoms with Crippen LogP contribution >= 0.6 is 11.3 Å². The summed E-state index contributed by atoms with van der Waals surface area (Å²) in [7, 11) is 0. The summed E-state index contributed by atoms with van der Waals surface area (Å²) in [4.78, 5) is 18.4. The molecular formula is C17H21N3O2S. The molecule has 0 aliphatic carbocycles. The van der Waals surface area contributed by atoms with Crippen LogP contribution in [-0.4, -0.2) is 40.1 Å². The molecule has 2 heterocycles. The lowest BCUT2D eigenvalue weighted by Gasteiger charge is -2.24. The van der Waals surface area contributed by atoms with Gasteiger partial charge in [0, 0.05) is 24.5 Å². The van der Waals surface area contributed by atoms with Gasteiger partial charge >= 0.3 is 0 Å². The molecule has 0 saturated carbocycles. The molecule has 2 aromatic rings. The average molecular weight is 331 g/mol. The summed E-state index contributed by atoms with van der Waals surface area (Å²) >= 11 is 1.41. The SMILES string of the molecule is O=C(NCc1ccccc1CN1CCCC1CO)c1cscn1. The van der Waals surface area contributed by atoms with E-state index in [1.165, 1.54) is 16.9 Å². The molecule has 1 atom stereocenters. The Bertz CT molecular complexity index is 645. The highest BCUT2D eigenvalue weighted by molar-refractivity contribution is 7.07. The van der Waals surface area contributed by atoms with E-state index in [0.29, 0.717) is 12.2 Å². The fraction of sp³-hybridized carbons (Fsp3) is 0.412. The van der Waals surface area contributed by atoms with Crippen molar-refractivity contribution in [3.8, 4) is 0 Å². The highest BCUT2D eigenvalue weighted by Gasteiger charge is 2.24. The summed E-state index contributed by atoms with van der Waals surface area (Å²) in [5, 5.41) is 14.1. The Hall–Kier alpha value is -1.76. The molecule has 6 heteroatoms. The number of nitrogens with zero attached hydrogens (tertiary/aromatic N) is 2. The molecule has 1 aromatic carbocycles. The van der Waals surface area contributed by atoms with Crippen LogP contribution in [0.5, 0.6) is 0 Å². The van der Waals surface area contributed by atoms with Crippen LogP contribution in [0.2, 0.25) is 0 Å². The number of likely N-dealkylation sites (tertiary alicyclic amines) is 1. The Labute approximate surface area is 140 Å². The summed E-state index contributed by atoms with van der Waals surface area (Å²) in [5.74, 6) is -0.143. The Morgan fingerprint density at radius 1 is 1.39 bits per heavy atom. The number of aromatic nitrogens is 1. The molecule has 1 amide bonds. The minimum Gasteiger partial charge on any atom is -0.395 e. The predicted molar refractivity (Wildman–Crippen MR) is 90.2 cm³/mol. The van der Waals surface area contributed by atoms with Crippen LogP contribution in [0.25, 0.3) is 0 Å². The van der Waals surface area contributed by atoms with Crippen LogP contribution in [0.4, 0.5) is 0 Å². The van der Waals surface area contributed by atoms with E-state index >= 15 is 0 Å². The molecule has 1 unspecified atom stereocenters. The first-order valence-corrected chi connectivity index (χ1v) is 8.80. The molecule has 3 rings (SSSR count). The third-order valence-electron chi connectivity index (χ3n) is 4.31. The normalized spacial score (nSPS) is 18.2. The van der Waals surface area contributed by atoms with E-state index in [-0.39, 0.29) is 18.6 Å². The smallest absolute Gasteiger partial charge is 0.271 e. The van der Waals surface area contributed by atoms with Crippen molar-refractivity contribution in [2.75, 3.05) is 13.2 Å². The third-order valence-corrected chi connectivity index (χ3v) is 4.89. The molecular weight excluding hydrogens is 310 g/mol. The summed E-state index contributed by atoms with van der Waals surface area (Å²) < 4.78 is 0. The van der Waals surface area contributed by atoms with Crippen molar-refractivity contribution >= 4 is 17.2 Å². The number of benzene rings is 1. The first-order chi connectivity index (χ1) is 11.3. The Kier molecular flexibility index (Phi) is 5.38. The molecule has 1 fully saturated rings. The second kappa shape index (κ2) is 7.68. The number of carbonyl (C=O) groups is 1. The van der Waals surface area contributed by atoms with Gasteiger partial charge in [-0.05, 0) is 30.5 Å². The maximum atomic E-state index is 12.0. The van der Waals surface area contributed by atoms with Gasteiger partial charge in [0.2, 0.25) is 0 Å². The van der Waals surface area contributed by atoms with Crippen LogP contribution < -0.4 is 5.32 Å². The lowest BCUT2D eigenvalue weighted by atomic mass is 10.1. The summed E-state index contributed by atoms with van der Waals surface area (Å²) in [6.07, 6.45) is 2.19. The quantitative estimate of drug-likeness (QED) is 0.850. The molecule has 1 saturated heterocycles. The van der Waals surface area contributed by atoms with E-state index in [4.69, 9.17) is 0 Å². The number of thiazole rings is 1. The number of amides is 1. The van der Waals surface area contributed by atoms with Gasteiger partial charge in [0.15, 0.2) is 0 Å². The summed E-state index contributed by atoms with van der Waals surface area (Å²) in [6.45, 7) is 2.53. The molecule has 0 bridgehead atoms. The maximum absolute atomic E-state index is 12.0. The number of rotatable bonds is 6. The second-order valence-corrected chi connectivity index (χ2v) is 6.49. The standard InChI is InChI=1S/C17H21N3O2S/c21-10-15-6-3-7-20(15)9-14-5-2-1-4-13(14)8-18-17(22)16-11-23-12-19-16/h1-2,4-5,11-12,15,21H,3,6-10H2,(H,18,22). The molecule has 122 valence electrons. The van der Waals surface area contributed by atoms with E-state index in [2.05, 4.69) is 21.3 Å². The number of nitrogens with one attached hydrogen (secondary N) is 1. The average Bonchev–Trinajstić information content (AvgIpc) is 3.25.